The molecule has 2 aromatic rings. The Morgan fingerprint density at radius 3 is 2.56 bits per heavy atom. The van der Waals surface area contributed by atoms with E-state index in [9.17, 15) is 14.4 Å². The van der Waals surface area contributed by atoms with Crippen molar-refractivity contribution in [3.63, 3.8) is 0 Å². The number of nitrogens with one attached hydrogen (secondary N) is 1. The number of carbonyl (C=O) groups is 3. The smallest absolute Gasteiger partial charge is 0.319 e. The van der Waals surface area contributed by atoms with Gasteiger partial charge in [0.1, 0.15) is 5.54 Å². The SMILES string of the molecule is CC1(c2ccc3c(c2)CCC3)NC(=O)N(CC(=O)c2ccc(I)cc2)C1=O. The van der Waals surface area contributed by atoms with Gasteiger partial charge in [0.05, 0.1) is 6.54 Å². The molecule has 0 spiro atoms. The molecule has 138 valence electrons. The average molecular weight is 474 g/mol. The third kappa shape index (κ3) is 3.16. The number of hydrogen-bond acceptors (Lipinski definition) is 3. The van der Waals surface area contributed by atoms with Crippen LogP contribution in [-0.2, 0) is 23.2 Å². The van der Waals surface area contributed by atoms with E-state index in [1.165, 1.54) is 11.1 Å². The maximum Gasteiger partial charge on any atom is 0.325 e. The lowest BCUT2D eigenvalue weighted by Gasteiger charge is -2.23. The molecule has 1 aliphatic carbocycles. The number of Topliss-reactive ketones (excluding diaryl/α,β-unsaturated/α-hetero) is 1. The van der Waals surface area contributed by atoms with E-state index in [2.05, 4.69) is 27.9 Å². The number of amides is 3. The molecule has 27 heavy (non-hydrogen) atoms. The number of carbonyl (C=O) groups excluding carboxylic acids is 3. The van der Waals surface area contributed by atoms with Gasteiger partial charge in [-0.3, -0.25) is 14.5 Å². The van der Waals surface area contributed by atoms with Gasteiger partial charge in [0.2, 0.25) is 0 Å². The fourth-order valence-electron chi connectivity index (χ4n) is 3.79. The second-order valence-electron chi connectivity index (χ2n) is 7.21. The summed E-state index contributed by atoms with van der Waals surface area (Å²) in [5, 5.41) is 2.79. The van der Waals surface area contributed by atoms with Crippen molar-refractivity contribution in [1.29, 1.82) is 0 Å². The Kier molecular flexibility index (Phi) is 4.53. The first-order chi connectivity index (χ1) is 12.9. The van der Waals surface area contributed by atoms with Crippen molar-refractivity contribution in [3.8, 4) is 0 Å². The average Bonchev–Trinajstić information content (AvgIpc) is 3.20. The van der Waals surface area contributed by atoms with Gasteiger partial charge < -0.3 is 5.32 Å². The maximum atomic E-state index is 13.0. The van der Waals surface area contributed by atoms with Crippen LogP contribution >= 0.6 is 22.6 Å². The Morgan fingerprint density at radius 1 is 1.11 bits per heavy atom. The molecule has 2 aromatic carbocycles. The molecule has 0 aromatic heterocycles. The summed E-state index contributed by atoms with van der Waals surface area (Å²) in [6.45, 7) is 1.45. The van der Waals surface area contributed by atoms with Crippen LogP contribution in [0.2, 0.25) is 0 Å². The summed E-state index contributed by atoms with van der Waals surface area (Å²) in [6, 6.07) is 12.5. The van der Waals surface area contributed by atoms with Crippen LogP contribution < -0.4 is 5.32 Å². The molecule has 1 heterocycles. The summed E-state index contributed by atoms with van der Waals surface area (Å²) in [6.07, 6.45) is 3.17. The molecule has 3 amide bonds. The van der Waals surface area contributed by atoms with Crippen LogP contribution in [0.15, 0.2) is 42.5 Å². The van der Waals surface area contributed by atoms with Crippen molar-refractivity contribution >= 4 is 40.3 Å². The van der Waals surface area contributed by atoms with E-state index >= 15 is 0 Å². The number of ketones is 1. The van der Waals surface area contributed by atoms with Crippen molar-refractivity contribution in [1.82, 2.24) is 10.2 Å². The van der Waals surface area contributed by atoms with Gasteiger partial charge in [-0.1, -0.05) is 30.3 Å². The van der Waals surface area contributed by atoms with E-state index in [1.807, 2.05) is 30.3 Å². The van der Waals surface area contributed by atoms with Crippen molar-refractivity contribution in [2.45, 2.75) is 31.7 Å². The van der Waals surface area contributed by atoms with Crippen LogP contribution in [0.4, 0.5) is 4.79 Å². The van der Waals surface area contributed by atoms with E-state index in [1.54, 1.807) is 19.1 Å². The molecular weight excluding hydrogens is 455 g/mol. The van der Waals surface area contributed by atoms with Crippen LogP contribution in [-0.4, -0.2) is 29.2 Å². The lowest BCUT2D eigenvalue weighted by molar-refractivity contribution is -0.130. The monoisotopic (exact) mass is 474 g/mol. The zero-order valence-corrected chi connectivity index (χ0v) is 17.1. The first-order valence-corrected chi connectivity index (χ1v) is 10.0. The molecule has 5 nitrogen and oxygen atoms in total. The predicted molar refractivity (Wildman–Crippen MR) is 110 cm³/mol. The Hall–Kier alpha value is -2.22. The molecule has 2 aliphatic rings. The van der Waals surface area contributed by atoms with Crippen LogP contribution in [0.5, 0.6) is 0 Å². The minimum atomic E-state index is -1.14. The molecule has 0 bridgehead atoms. The summed E-state index contributed by atoms with van der Waals surface area (Å²) >= 11 is 2.16. The summed E-state index contributed by atoms with van der Waals surface area (Å²) in [4.78, 5) is 39.1. The van der Waals surface area contributed by atoms with Crippen molar-refractivity contribution in [3.05, 3.63) is 68.3 Å². The standard InChI is InChI=1S/C21H19IN2O3/c1-21(16-8-5-13-3-2-4-15(13)11-16)19(26)24(20(27)23-21)12-18(25)14-6-9-17(22)10-7-14/h5-11H,2-4,12H2,1H3,(H,23,27). The molecular formula is C21H19IN2O3. The zero-order chi connectivity index (χ0) is 19.2. The number of urea groups is 1. The van der Waals surface area contributed by atoms with Crippen LogP contribution in [0.1, 0.15) is 40.4 Å². The molecule has 1 atom stereocenters. The van der Waals surface area contributed by atoms with Crippen molar-refractivity contribution in [2.75, 3.05) is 6.54 Å². The van der Waals surface area contributed by atoms with Gasteiger partial charge in [-0.2, -0.15) is 0 Å². The van der Waals surface area contributed by atoms with Gasteiger partial charge in [-0.05, 0) is 77.6 Å². The number of halogens is 1. The van der Waals surface area contributed by atoms with Crippen LogP contribution in [0.25, 0.3) is 0 Å². The normalized spacial score (nSPS) is 21.3. The lowest BCUT2D eigenvalue weighted by atomic mass is 9.89. The van der Waals surface area contributed by atoms with Crippen molar-refractivity contribution in [2.24, 2.45) is 0 Å². The quantitative estimate of drug-likeness (QED) is 0.420. The van der Waals surface area contributed by atoms with Gasteiger partial charge in [0.15, 0.2) is 5.78 Å². The molecule has 0 saturated carbocycles. The minimum absolute atomic E-state index is 0.256. The van der Waals surface area contributed by atoms with E-state index in [4.69, 9.17) is 0 Å². The predicted octanol–water partition coefficient (Wildman–Crippen LogP) is 3.43. The fraction of sp³-hybridized carbons (Fsp3) is 0.286. The number of rotatable bonds is 4. The number of nitrogens with zero attached hydrogens (tertiary/aromatic N) is 1. The number of aryl methyl sites for hydroxylation is 2. The molecule has 0 radical (unpaired) electrons. The van der Waals surface area contributed by atoms with E-state index in [0.717, 1.165) is 33.3 Å². The zero-order valence-electron chi connectivity index (χ0n) is 14.9. The van der Waals surface area contributed by atoms with Gasteiger partial charge in [-0.25, -0.2) is 4.79 Å². The summed E-state index contributed by atoms with van der Waals surface area (Å²) < 4.78 is 1.02. The van der Waals surface area contributed by atoms with E-state index in [0.29, 0.717) is 5.56 Å². The first kappa shape index (κ1) is 18.2. The summed E-state index contributed by atoms with van der Waals surface area (Å²) in [5.74, 6) is -0.641. The lowest BCUT2D eigenvalue weighted by Crippen LogP contribution is -2.41. The van der Waals surface area contributed by atoms with Gasteiger partial charge in [0.25, 0.3) is 5.91 Å². The Morgan fingerprint density at radius 2 is 1.81 bits per heavy atom. The highest BCUT2D eigenvalue weighted by Crippen LogP contribution is 2.32. The third-order valence-corrected chi connectivity index (χ3v) is 6.14. The van der Waals surface area contributed by atoms with Gasteiger partial charge >= 0.3 is 6.03 Å². The molecule has 1 fully saturated rings. The Bertz CT molecular complexity index is 954. The number of hydrogen-bond donors (Lipinski definition) is 1. The summed E-state index contributed by atoms with van der Waals surface area (Å²) in [5.41, 5.74) is 2.67. The van der Waals surface area contributed by atoms with E-state index in [-0.39, 0.29) is 18.2 Å². The highest BCUT2D eigenvalue weighted by Gasteiger charge is 2.49. The van der Waals surface area contributed by atoms with Crippen LogP contribution in [0.3, 0.4) is 0 Å². The minimum Gasteiger partial charge on any atom is -0.319 e. The second kappa shape index (κ2) is 6.74. The van der Waals surface area contributed by atoms with Gasteiger partial charge in [0, 0.05) is 9.13 Å². The largest absolute Gasteiger partial charge is 0.325 e. The van der Waals surface area contributed by atoms with Crippen LogP contribution in [0, 0.1) is 3.57 Å². The maximum absolute atomic E-state index is 13.0. The fourth-order valence-corrected chi connectivity index (χ4v) is 4.15. The molecule has 1 unspecified atom stereocenters. The molecule has 1 saturated heterocycles. The molecule has 4 rings (SSSR count). The summed E-state index contributed by atoms with van der Waals surface area (Å²) in [7, 11) is 0. The number of fused-ring (bicyclic) bond motifs is 1. The van der Waals surface area contributed by atoms with Gasteiger partial charge in [-0.15, -0.1) is 0 Å². The Balaban J connectivity index is 1.58. The topological polar surface area (TPSA) is 66.5 Å². The third-order valence-electron chi connectivity index (χ3n) is 5.42. The highest BCUT2D eigenvalue weighted by molar-refractivity contribution is 14.1. The highest BCUT2D eigenvalue weighted by atomic mass is 127. The van der Waals surface area contributed by atoms with E-state index < -0.39 is 11.6 Å². The molecule has 1 aliphatic heterocycles. The number of imide groups is 1. The Labute approximate surface area is 171 Å². The number of benzene rings is 2. The molecule has 1 N–H and O–H groups in total. The molecule has 6 heteroatoms. The first-order valence-electron chi connectivity index (χ1n) is 8.93. The second-order valence-corrected chi connectivity index (χ2v) is 8.46. The van der Waals surface area contributed by atoms with Crippen molar-refractivity contribution < 1.29 is 14.4 Å².